The Morgan fingerprint density at radius 1 is 1.26 bits per heavy atom. The van der Waals surface area contributed by atoms with Gasteiger partial charge in [0.2, 0.25) is 17.4 Å². The molecule has 0 spiro atoms. The maximum Gasteiger partial charge on any atom is 0.353 e. The maximum absolute atomic E-state index is 13.2. The molecule has 1 aromatic carbocycles. The smallest absolute Gasteiger partial charge is 0.353 e. The number of nitrogens with one attached hydrogen (secondary N) is 4. The largest absolute Gasteiger partial charge is 0.458 e. The first-order valence-electron chi connectivity index (χ1n) is 11.9. The first-order valence-corrected chi connectivity index (χ1v) is 13.3. The molecule has 5 amide bonds. The zero-order chi connectivity index (χ0) is 31.0. The first kappa shape index (κ1) is 31.7. The van der Waals surface area contributed by atoms with E-state index in [0.717, 1.165) is 11.3 Å². The number of nitrogens with two attached hydrogens (primary N) is 1. The highest BCUT2D eigenvalue weighted by atomic mass is 35.5. The zero-order valence-corrected chi connectivity index (χ0v) is 23.6. The Labute approximate surface area is 246 Å². The van der Waals surface area contributed by atoms with Gasteiger partial charge in [-0.1, -0.05) is 5.16 Å². The van der Waals surface area contributed by atoms with E-state index in [2.05, 4.69) is 31.4 Å². The van der Waals surface area contributed by atoms with Crippen molar-refractivity contribution >= 4 is 69.2 Å². The molecule has 1 aliphatic heterocycles. The maximum atomic E-state index is 13.2. The van der Waals surface area contributed by atoms with Crippen LogP contribution in [0.1, 0.15) is 25.1 Å². The van der Waals surface area contributed by atoms with Gasteiger partial charge >= 0.3 is 12.0 Å². The third-order valence-corrected chi connectivity index (χ3v) is 6.50. The van der Waals surface area contributed by atoms with Crippen molar-refractivity contribution < 1.29 is 38.5 Å². The third-order valence-electron chi connectivity index (χ3n) is 5.50. The van der Waals surface area contributed by atoms with Gasteiger partial charge in [0.05, 0.1) is 11.0 Å². The molecule has 0 aliphatic carbocycles. The lowest BCUT2D eigenvalue weighted by molar-refractivity contribution is -0.384. The number of oxime groups is 1. The highest BCUT2D eigenvalue weighted by Gasteiger charge is 2.41. The number of carbonyl (C=O) groups is 5. The first-order chi connectivity index (χ1) is 19.8. The quantitative estimate of drug-likeness (QED) is 0.0503. The number of anilines is 1. The number of primary amides is 1. The number of β-lactam (4-membered cyclic amide) rings is 1. The molecule has 2 atom stereocenters. The molecule has 1 saturated heterocycles. The van der Waals surface area contributed by atoms with E-state index in [0.29, 0.717) is 5.56 Å². The predicted molar refractivity (Wildman–Crippen MR) is 148 cm³/mol. The molecule has 0 unspecified atom stereocenters. The third kappa shape index (κ3) is 8.33. The average molecular weight is 625 g/mol. The zero-order valence-electron chi connectivity index (χ0n) is 22.0. The number of urea groups is 1. The number of rotatable bonds is 13. The number of hydrogen-bond acceptors (Lipinski definition) is 12. The number of nitro benzene ring substituents is 1. The van der Waals surface area contributed by atoms with Crippen LogP contribution in [0.15, 0.2) is 34.8 Å². The number of ether oxygens (including phenoxy) is 1. The minimum absolute atomic E-state index is 0.0616. The monoisotopic (exact) mass is 624 g/mol. The van der Waals surface area contributed by atoms with Gasteiger partial charge in [0.15, 0.2) is 10.8 Å². The van der Waals surface area contributed by atoms with E-state index in [4.69, 9.17) is 26.9 Å². The van der Waals surface area contributed by atoms with E-state index in [1.807, 2.05) is 0 Å². The molecular weight excluding hydrogens is 600 g/mol. The highest BCUT2D eigenvalue weighted by Crippen LogP contribution is 2.20. The lowest BCUT2D eigenvalue weighted by Gasteiger charge is -2.36. The second-order valence-corrected chi connectivity index (χ2v) is 10.2. The van der Waals surface area contributed by atoms with Crippen molar-refractivity contribution in [2.75, 3.05) is 17.7 Å². The molecule has 42 heavy (non-hydrogen) atoms. The van der Waals surface area contributed by atoms with Crippen molar-refractivity contribution in [2.45, 2.75) is 38.1 Å². The normalized spacial score (nSPS) is 16.4. The van der Waals surface area contributed by atoms with Crippen LogP contribution in [0.2, 0.25) is 0 Å². The second kappa shape index (κ2) is 13.7. The molecule has 0 radical (unpaired) electrons. The van der Waals surface area contributed by atoms with E-state index >= 15 is 0 Å². The fraction of sp³-hybridized carbons (Fsp3) is 0.348. The van der Waals surface area contributed by atoms with E-state index < -0.39 is 58.0 Å². The average Bonchev–Trinajstić information content (AvgIpc) is 3.40. The Kier molecular flexibility index (Phi) is 10.3. The van der Waals surface area contributed by atoms with E-state index in [9.17, 15) is 34.1 Å². The number of amides is 5. The minimum atomic E-state index is -1.74. The second-order valence-electron chi connectivity index (χ2n) is 9.07. The van der Waals surface area contributed by atoms with Crippen LogP contribution in [-0.2, 0) is 35.4 Å². The molecule has 1 aromatic heterocycles. The van der Waals surface area contributed by atoms with Crippen LogP contribution in [0.4, 0.5) is 15.6 Å². The molecule has 0 bridgehead atoms. The molecule has 2 aromatic rings. The number of esters is 1. The Hall–Kier alpha value is -4.84. The van der Waals surface area contributed by atoms with Gasteiger partial charge < -0.3 is 36.6 Å². The summed E-state index contributed by atoms with van der Waals surface area (Å²) >= 11 is 6.45. The number of alkyl halides is 1. The lowest BCUT2D eigenvalue weighted by Crippen LogP contribution is -2.72. The summed E-state index contributed by atoms with van der Waals surface area (Å²) in [6.07, 6.45) is 0. The van der Waals surface area contributed by atoms with Crippen LogP contribution >= 0.6 is 22.9 Å². The van der Waals surface area contributed by atoms with Gasteiger partial charge in [0.1, 0.15) is 24.2 Å². The molecule has 0 saturated carbocycles. The fourth-order valence-corrected chi connectivity index (χ4v) is 4.01. The van der Waals surface area contributed by atoms with Crippen molar-refractivity contribution in [3.05, 3.63) is 51.0 Å². The van der Waals surface area contributed by atoms with Gasteiger partial charge in [-0.05, 0) is 31.5 Å². The summed E-state index contributed by atoms with van der Waals surface area (Å²) in [5.41, 5.74) is 3.15. The van der Waals surface area contributed by atoms with Crippen LogP contribution in [0.5, 0.6) is 0 Å². The number of hydrogen-bond donors (Lipinski definition) is 5. The van der Waals surface area contributed by atoms with Crippen molar-refractivity contribution in [1.82, 2.24) is 20.9 Å². The van der Waals surface area contributed by atoms with Crippen LogP contribution in [0, 0.1) is 10.1 Å². The van der Waals surface area contributed by atoms with Crippen LogP contribution in [0.25, 0.3) is 0 Å². The summed E-state index contributed by atoms with van der Waals surface area (Å²) in [6, 6.07) is 2.80. The standard InChI is InChI=1S/C23H25ClN8O9S/c1-23(2,20(36)40-9-11-3-5-12(6-4-11)32(38)39)41-31-17(14-10-42-22(28-14)29-15(33)7-24)19(35)30-16-13(27-18(16)34)8-26-21(25)37/h3-6,10,13,16H,7-9H2,1-2H3,(H,27,34)(H,30,35)(H3,25,26,37)(H,28,29,33)/t13-,16+/m1/s1. The topological polar surface area (TPSA) is 246 Å². The van der Waals surface area contributed by atoms with Crippen molar-refractivity contribution in [3.63, 3.8) is 0 Å². The number of halogens is 1. The summed E-state index contributed by atoms with van der Waals surface area (Å²) < 4.78 is 5.24. The molecule has 1 aliphatic rings. The van der Waals surface area contributed by atoms with Crippen LogP contribution < -0.4 is 27.0 Å². The Morgan fingerprint density at radius 2 is 1.95 bits per heavy atom. The number of aromatic nitrogens is 1. The van der Waals surface area contributed by atoms with Gasteiger partial charge in [-0.15, -0.1) is 22.9 Å². The number of benzene rings is 1. The molecule has 1 fully saturated rings. The van der Waals surface area contributed by atoms with E-state index in [-0.39, 0.29) is 35.5 Å². The lowest BCUT2D eigenvalue weighted by atomic mass is 9.98. The SMILES string of the molecule is CC(C)(ON=C(C(=O)N[C@@H]1C(=O)N[C@@H]1CNC(N)=O)c1csc(NC(=O)CCl)n1)C(=O)OCc1ccc([N+](=O)[O-])cc1. The van der Waals surface area contributed by atoms with Gasteiger partial charge in [-0.25, -0.2) is 14.6 Å². The number of nitrogens with zero attached hydrogens (tertiary/aromatic N) is 3. The molecule has 2 heterocycles. The predicted octanol–water partition coefficient (Wildman–Crippen LogP) is 0.123. The molecule has 3 rings (SSSR count). The number of thiazole rings is 1. The van der Waals surface area contributed by atoms with Gasteiger partial charge in [-0.2, -0.15) is 0 Å². The molecule has 224 valence electrons. The van der Waals surface area contributed by atoms with E-state index in [1.165, 1.54) is 43.5 Å². The van der Waals surface area contributed by atoms with E-state index in [1.54, 1.807) is 0 Å². The number of non-ortho nitro benzene ring substituents is 1. The number of carbonyl (C=O) groups excluding carboxylic acids is 5. The highest BCUT2D eigenvalue weighted by molar-refractivity contribution is 7.14. The Balaban J connectivity index is 1.76. The summed E-state index contributed by atoms with van der Waals surface area (Å²) in [6.45, 7) is 2.35. The number of nitro groups is 1. The van der Waals surface area contributed by atoms with Crippen molar-refractivity contribution in [3.8, 4) is 0 Å². The Bertz CT molecular complexity index is 1410. The summed E-state index contributed by atoms with van der Waals surface area (Å²) in [5.74, 6) is -3.23. The summed E-state index contributed by atoms with van der Waals surface area (Å²) in [7, 11) is 0. The summed E-state index contributed by atoms with van der Waals surface area (Å²) in [5, 5.41) is 25.8. The molecule has 6 N–H and O–H groups in total. The Morgan fingerprint density at radius 3 is 2.55 bits per heavy atom. The molecule has 19 heteroatoms. The minimum Gasteiger partial charge on any atom is -0.458 e. The van der Waals surface area contributed by atoms with Crippen LogP contribution in [-0.4, -0.2) is 75.5 Å². The molecule has 17 nitrogen and oxygen atoms in total. The van der Waals surface area contributed by atoms with Crippen LogP contribution in [0.3, 0.4) is 0 Å². The molecular formula is C23H25ClN8O9S. The van der Waals surface area contributed by atoms with Gasteiger partial charge in [0, 0.05) is 24.1 Å². The van der Waals surface area contributed by atoms with Crippen molar-refractivity contribution in [1.29, 1.82) is 0 Å². The summed E-state index contributed by atoms with van der Waals surface area (Å²) in [4.78, 5) is 80.4. The van der Waals surface area contributed by atoms with Gasteiger partial charge in [0.25, 0.3) is 11.6 Å². The van der Waals surface area contributed by atoms with Crippen molar-refractivity contribution in [2.24, 2.45) is 10.9 Å². The fourth-order valence-electron chi connectivity index (χ4n) is 3.23. The van der Waals surface area contributed by atoms with Gasteiger partial charge in [-0.3, -0.25) is 24.5 Å².